The fraction of sp³-hybridized carbons (Fsp3) is 0.519. The minimum Gasteiger partial charge on any atom is -1.00 e. The first-order valence-electron chi connectivity index (χ1n) is 11.0. The van der Waals surface area contributed by atoms with Gasteiger partial charge in [-0.05, 0) is 25.2 Å². The summed E-state index contributed by atoms with van der Waals surface area (Å²) in [6.07, 6.45) is 11.7. The van der Waals surface area contributed by atoms with Crippen LogP contribution in [0.3, 0.4) is 0 Å². The van der Waals surface area contributed by atoms with Gasteiger partial charge in [0.25, 0.3) is 0 Å². The molecule has 0 nitrogen and oxygen atoms in total. The zero-order valence-electron chi connectivity index (χ0n) is 20.4. The third-order valence-electron chi connectivity index (χ3n) is 6.09. The zero-order valence-corrected chi connectivity index (χ0v) is 25.3. The number of hydrogen-bond donors (Lipinski definition) is 0. The van der Waals surface area contributed by atoms with E-state index in [9.17, 15) is 0 Å². The van der Waals surface area contributed by atoms with E-state index >= 15 is 0 Å². The van der Waals surface area contributed by atoms with Gasteiger partial charge in [0.2, 0.25) is 0 Å². The summed E-state index contributed by atoms with van der Waals surface area (Å²) in [6.45, 7) is 15.5. The zero-order chi connectivity index (χ0) is 20.7. The molecule has 1 aliphatic carbocycles. The minimum absolute atomic E-state index is 0. The van der Waals surface area contributed by atoms with Crippen LogP contribution in [0.5, 0.6) is 0 Å². The first-order chi connectivity index (χ1) is 13.3. The Balaban J connectivity index is 0. The van der Waals surface area contributed by atoms with Crippen LogP contribution in [-0.4, -0.2) is 12.3 Å². The van der Waals surface area contributed by atoms with Crippen LogP contribution < -0.4 is 30.1 Å². The molecule has 0 saturated heterocycles. The fourth-order valence-corrected chi connectivity index (χ4v) is 6.57. The maximum absolute atomic E-state index is 3.44. The van der Waals surface area contributed by atoms with Crippen molar-refractivity contribution in [1.82, 2.24) is 0 Å². The predicted molar refractivity (Wildman–Crippen MR) is 130 cm³/mol. The number of halogens is 2. The summed E-state index contributed by atoms with van der Waals surface area (Å²) in [5, 5.41) is 4.48. The second kappa shape index (κ2) is 15.9. The Bertz CT molecular complexity index is 792. The molecule has 0 amide bonds. The number of fused-ring (bicyclic) bond motifs is 1. The van der Waals surface area contributed by atoms with E-state index in [0.29, 0.717) is 0 Å². The van der Waals surface area contributed by atoms with E-state index in [1.165, 1.54) is 65.5 Å². The van der Waals surface area contributed by atoms with Gasteiger partial charge in [-0.15, -0.1) is 47.3 Å². The van der Waals surface area contributed by atoms with Crippen molar-refractivity contribution in [3.63, 3.8) is 0 Å². The Morgan fingerprint density at radius 3 is 1.87 bits per heavy atom. The molecule has 0 aliphatic heterocycles. The number of hydrogen-bond acceptors (Lipinski definition) is 0. The Morgan fingerprint density at radius 1 is 0.935 bits per heavy atom. The Hall–Kier alpha value is 0.203. The molecule has 0 spiro atoms. The molecule has 0 aromatic heterocycles. The van der Waals surface area contributed by atoms with Gasteiger partial charge in [0.1, 0.15) is 0 Å². The average Bonchev–Trinajstić information content (AvgIpc) is 3.17. The molecule has 0 fully saturated rings. The van der Waals surface area contributed by atoms with Gasteiger partial charge in [-0.1, -0.05) is 73.8 Å². The molecule has 0 radical (unpaired) electrons. The molecule has 3 rings (SSSR count). The SMILES string of the molecule is CC1=[C-]C(C)(C)C(C)=C1C.CCCCP(CCCC)c1cc2ccccc2[cH-]1.[Cl-].[Cl-].[Zr+4]. The Morgan fingerprint density at radius 2 is 1.48 bits per heavy atom. The molecular formula is C27H39Cl2PZr. The standard InChI is InChI=1S/C17H24P.C10H15.2ClH.Zr/c1-3-5-11-18(12-6-4-2)17-13-15-9-7-8-10-16(15)14-17;1-7-6-10(4,5)9(3)8(7)2;;;/h7-10,13-14H,3-6,11-12H2,1-2H3;1-5H3;2*1H;/q2*-1;;;+4/p-2. The van der Waals surface area contributed by atoms with Gasteiger partial charge in [-0.3, -0.25) is 6.08 Å². The summed E-state index contributed by atoms with van der Waals surface area (Å²) < 4.78 is 0. The topological polar surface area (TPSA) is 0 Å². The van der Waals surface area contributed by atoms with Crippen molar-refractivity contribution in [2.75, 3.05) is 12.3 Å². The van der Waals surface area contributed by atoms with Crippen molar-refractivity contribution in [2.45, 2.75) is 74.1 Å². The maximum Gasteiger partial charge on any atom is 4.00 e. The van der Waals surface area contributed by atoms with Gasteiger partial charge in [-0.2, -0.15) is 17.2 Å². The second-order valence-corrected chi connectivity index (χ2v) is 11.2. The molecule has 0 saturated carbocycles. The van der Waals surface area contributed by atoms with Crippen molar-refractivity contribution in [1.29, 1.82) is 0 Å². The molecule has 4 heteroatoms. The first-order valence-corrected chi connectivity index (χ1v) is 12.7. The largest absolute Gasteiger partial charge is 4.00 e. The van der Waals surface area contributed by atoms with E-state index in [-0.39, 0.29) is 64.4 Å². The molecule has 1 aliphatic rings. The molecule has 0 atom stereocenters. The Kier molecular flexibility index (Phi) is 17.2. The summed E-state index contributed by atoms with van der Waals surface area (Å²) in [5.74, 6) is 0. The summed E-state index contributed by atoms with van der Waals surface area (Å²) in [4.78, 5) is 0. The van der Waals surface area contributed by atoms with Crippen molar-refractivity contribution >= 4 is 24.0 Å². The molecular weight excluding hydrogens is 517 g/mol. The van der Waals surface area contributed by atoms with Gasteiger partial charge < -0.3 is 24.8 Å². The van der Waals surface area contributed by atoms with E-state index in [4.69, 9.17) is 0 Å². The van der Waals surface area contributed by atoms with Crippen LogP contribution in [0.2, 0.25) is 0 Å². The number of rotatable bonds is 7. The van der Waals surface area contributed by atoms with Crippen LogP contribution in [0.4, 0.5) is 0 Å². The fourth-order valence-electron chi connectivity index (χ4n) is 3.79. The molecule has 0 bridgehead atoms. The number of benzene rings is 1. The first kappa shape index (κ1) is 33.4. The van der Waals surface area contributed by atoms with Gasteiger partial charge >= 0.3 is 26.2 Å². The molecule has 2 aromatic carbocycles. The average molecular weight is 557 g/mol. The van der Waals surface area contributed by atoms with E-state index in [0.717, 1.165) is 0 Å². The third kappa shape index (κ3) is 9.53. The smallest absolute Gasteiger partial charge is 1.00 e. The van der Waals surface area contributed by atoms with Crippen molar-refractivity contribution in [2.24, 2.45) is 5.41 Å². The van der Waals surface area contributed by atoms with E-state index in [1.807, 2.05) is 0 Å². The van der Waals surface area contributed by atoms with Crippen molar-refractivity contribution < 1.29 is 51.0 Å². The summed E-state index contributed by atoms with van der Waals surface area (Å²) in [5.41, 5.74) is 4.39. The van der Waals surface area contributed by atoms with E-state index < -0.39 is 0 Å². The third-order valence-corrected chi connectivity index (χ3v) is 8.79. The summed E-state index contributed by atoms with van der Waals surface area (Å²) in [6, 6.07) is 13.6. The molecule has 0 N–H and O–H groups in total. The quantitative estimate of drug-likeness (QED) is 0.363. The molecule has 2 aromatic rings. The Labute approximate surface area is 224 Å². The van der Waals surface area contributed by atoms with Crippen LogP contribution in [-0.2, 0) is 26.2 Å². The van der Waals surface area contributed by atoms with E-state index in [2.05, 4.69) is 90.9 Å². The number of allylic oxidation sites excluding steroid dienone is 4. The maximum atomic E-state index is 3.44. The molecule has 170 valence electrons. The van der Waals surface area contributed by atoms with Crippen molar-refractivity contribution in [3.8, 4) is 0 Å². The van der Waals surface area contributed by atoms with Gasteiger partial charge in [0.15, 0.2) is 0 Å². The minimum atomic E-state index is 0. The second-order valence-electron chi connectivity index (χ2n) is 8.66. The summed E-state index contributed by atoms with van der Waals surface area (Å²) >= 11 is 0. The van der Waals surface area contributed by atoms with Crippen molar-refractivity contribution in [3.05, 3.63) is 59.2 Å². The van der Waals surface area contributed by atoms with Crippen LogP contribution in [0.15, 0.2) is 53.1 Å². The molecule has 0 unspecified atom stereocenters. The summed E-state index contributed by atoms with van der Waals surface area (Å²) in [7, 11) is 0.0856. The van der Waals surface area contributed by atoms with Gasteiger partial charge in [0, 0.05) is 0 Å². The molecule has 0 heterocycles. The van der Waals surface area contributed by atoms with Crippen LogP contribution in [0.25, 0.3) is 10.8 Å². The van der Waals surface area contributed by atoms with Crippen LogP contribution >= 0.6 is 7.92 Å². The monoisotopic (exact) mass is 554 g/mol. The van der Waals surface area contributed by atoms with Crippen LogP contribution in [0.1, 0.15) is 74.1 Å². The van der Waals surface area contributed by atoms with Crippen LogP contribution in [0, 0.1) is 11.5 Å². The van der Waals surface area contributed by atoms with Gasteiger partial charge in [-0.25, -0.2) is 5.57 Å². The molecule has 31 heavy (non-hydrogen) atoms. The van der Waals surface area contributed by atoms with E-state index in [1.54, 1.807) is 5.30 Å². The number of unbranched alkanes of at least 4 members (excludes halogenated alkanes) is 2. The normalized spacial score (nSPS) is 14.3. The predicted octanol–water partition coefficient (Wildman–Crippen LogP) is 2.38. The van der Waals surface area contributed by atoms with Gasteiger partial charge in [0.05, 0.1) is 0 Å².